The smallest absolute Gasteiger partial charge is 0.238 e. The molecule has 0 radical (unpaired) electrons. The highest BCUT2D eigenvalue weighted by Gasteiger charge is 2.44. The summed E-state index contributed by atoms with van der Waals surface area (Å²) in [5.41, 5.74) is 1.39. The number of carbonyl (C=O) groups is 1. The lowest BCUT2D eigenvalue weighted by Crippen LogP contribution is -2.36. The molecular weight excluding hydrogens is 202 g/mol. The van der Waals surface area contributed by atoms with Crippen LogP contribution in [0.15, 0.2) is 6.07 Å². The molecule has 2 heterocycles. The van der Waals surface area contributed by atoms with Crippen LogP contribution in [0.2, 0.25) is 0 Å². The maximum absolute atomic E-state index is 12.2. The molecule has 0 unspecified atom stereocenters. The predicted molar refractivity (Wildman–Crippen MR) is 62.4 cm³/mol. The highest BCUT2D eigenvalue weighted by Crippen LogP contribution is 2.39. The van der Waals surface area contributed by atoms with Crippen molar-refractivity contribution >= 4 is 11.7 Å². The highest BCUT2D eigenvalue weighted by molar-refractivity contribution is 6.06. The third-order valence-corrected chi connectivity index (χ3v) is 3.05. The predicted octanol–water partition coefficient (Wildman–Crippen LogP) is 1.82. The van der Waals surface area contributed by atoms with Crippen LogP contribution in [-0.2, 0) is 10.2 Å². The van der Waals surface area contributed by atoms with Crippen LogP contribution < -0.4 is 4.90 Å². The van der Waals surface area contributed by atoms with E-state index in [4.69, 9.17) is 0 Å². The number of rotatable bonds is 2. The third kappa shape index (κ3) is 1.40. The molecular formula is C12H17N3O. The van der Waals surface area contributed by atoms with Crippen LogP contribution in [0.5, 0.6) is 0 Å². The molecule has 0 spiro atoms. The molecule has 0 aromatic carbocycles. The second kappa shape index (κ2) is 3.54. The van der Waals surface area contributed by atoms with Gasteiger partial charge in [0.2, 0.25) is 5.91 Å². The average molecular weight is 219 g/mol. The molecule has 1 aromatic heterocycles. The molecule has 0 bridgehead atoms. The van der Waals surface area contributed by atoms with Crippen LogP contribution in [-0.4, -0.2) is 22.6 Å². The lowest BCUT2D eigenvalue weighted by Gasteiger charge is -2.18. The van der Waals surface area contributed by atoms with Gasteiger partial charge in [-0.15, -0.1) is 5.10 Å². The van der Waals surface area contributed by atoms with Gasteiger partial charge in [0.15, 0.2) is 5.82 Å². The number of hydrogen-bond donors (Lipinski definition) is 0. The molecule has 2 rings (SSSR count). The molecule has 0 N–H and O–H groups in total. The Morgan fingerprint density at radius 3 is 2.69 bits per heavy atom. The second-order valence-electron chi connectivity index (χ2n) is 4.80. The second-order valence-corrected chi connectivity index (χ2v) is 4.80. The average Bonchev–Trinajstić information content (AvgIpc) is 2.41. The van der Waals surface area contributed by atoms with E-state index in [1.807, 2.05) is 26.8 Å². The Balaban J connectivity index is 2.55. The summed E-state index contributed by atoms with van der Waals surface area (Å²) in [7, 11) is 0. The number of amides is 1. The van der Waals surface area contributed by atoms with Gasteiger partial charge in [-0.3, -0.25) is 9.69 Å². The minimum atomic E-state index is -0.467. The molecule has 4 nitrogen and oxygen atoms in total. The summed E-state index contributed by atoms with van der Waals surface area (Å²) in [5, 5.41) is 8.20. The van der Waals surface area contributed by atoms with E-state index in [9.17, 15) is 4.79 Å². The van der Waals surface area contributed by atoms with E-state index in [-0.39, 0.29) is 5.91 Å². The van der Waals surface area contributed by atoms with Gasteiger partial charge in [-0.25, -0.2) is 0 Å². The number of carbonyl (C=O) groups excluding carboxylic acids is 1. The minimum absolute atomic E-state index is 0.129. The van der Waals surface area contributed by atoms with Crippen molar-refractivity contribution in [1.29, 1.82) is 0 Å². The largest absolute Gasteiger partial charge is 0.294 e. The number of aryl methyl sites for hydroxylation is 1. The van der Waals surface area contributed by atoms with Gasteiger partial charge in [-0.2, -0.15) is 5.10 Å². The van der Waals surface area contributed by atoms with E-state index < -0.39 is 5.41 Å². The first-order chi connectivity index (χ1) is 7.48. The summed E-state index contributed by atoms with van der Waals surface area (Å²) in [6.07, 6.45) is 0.927. The monoisotopic (exact) mass is 219 g/mol. The Hall–Kier alpha value is -1.45. The zero-order chi connectivity index (χ0) is 11.9. The Morgan fingerprint density at radius 1 is 1.38 bits per heavy atom. The molecule has 1 amide bonds. The van der Waals surface area contributed by atoms with Crippen LogP contribution in [0.1, 0.15) is 38.4 Å². The van der Waals surface area contributed by atoms with E-state index in [0.717, 1.165) is 23.5 Å². The molecule has 4 heteroatoms. The maximum atomic E-state index is 12.2. The standard InChI is InChI=1S/C12H17N3O/c1-5-6-15-10-9(7-8(2)13-14-10)12(3,4)11(15)16/h7H,5-6H2,1-4H3. The first-order valence-corrected chi connectivity index (χ1v) is 5.65. The molecule has 0 aliphatic carbocycles. The van der Waals surface area contributed by atoms with Crippen molar-refractivity contribution in [1.82, 2.24) is 10.2 Å². The lowest BCUT2D eigenvalue weighted by atomic mass is 9.87. The summed E-state index contributed by atoms with van der Waals surface area (Å²) < 4.78 is 0. The fourth-order valence-electron chi connectivity index (χ4n) is 2.12. The quantitative estimate of drug-likeness (QED) is 0.762. The van der Waals surface area contributed by atoms with Crippen LogP contribution in [0.3, 0.4) is 0 Å². The molecule has 0 saturated carbocycles. The van der Waals surface area contributed by atoms with Gasteiger partial charge in [0.05, 0.1) is 11.1 Å². The Bertz CT molecular complexity index is 440. The van der Waals surface area contributed by atoms with Crippen molar-refractivity contribution in [2.75, 3.05) is 11.4 Å². The van der Waals surface area contributed by atoms with Crippen molar-refractivity contribution in [3.63, 3.8) is 0 Å². The first kappa shape index (κ1) is 11.0. The fourth-order valence-corrected chi connectivity index (χ4v) is 2.12. The van der Waals surface area contributed by atoms with Gasteiger partial charge in [0.25, 0.3) is 0 Å². The number of aromatic nitrogens is 2. The molecule has 0 fully saturated rings. The zero-order valence-electron chi connectivity index (χ0n) is 10.2. The van der Waals surface area contributed by atoms with Crippen LogP contribution in [0.4, 0.5) is 5.82 Å². The molecule has 1 aromatic rings. The van der Waals surface area contributed by atoms with E-state index in [2.05, 4.69) is 17.1 Å². The van der Waals surface area contributed by atoms with Crippen molar-refractivity contribution in [3.8, 4) is 0 Å². The van der Waals surface area contributed by atoms with Gasteiger partial charge in [0, 0.05) is 12.1 Å². The SMILES string of the molecule is CCCN1C(=O)C(C)(C)c2cc(C)nnc21. The molecule has 1 aliphatic rings. The summed E-state index contributed by atoms with van der Waals surface area (Å²) in [4.78, 5) is 14.0. The Kier molecular flexibility index (Phi) is 2.45. The molecule has 0 atom stereocenters. The first-order valence-electron chi connectivity index (χ1n) is 5.65. The lowest BCUT2D eigenvalue weighted by molar-refractivity contribution is -0.122. The van der Waals surface area contributed by atoms with Gasteiger partial charge in [-0.1, -0.05) is 6.92 Å². The number of nitrogens with zero attached hydrogens (tertiary/aromatic N) is 3. The van der Waals surface area contributed by atoms with E-state index in [0.29, 0.717) is 6.54 Å². The van der Waals surface area contributed by atoms with Crippen LogP contribution in [0.25, 0.3) is 0 Å². The van der Waals surface area contributed by atoms with Gasteiger partial charge >= 0.3 is 0 Å². The summed E-state index contributed by atoms with van der Waals surface area (Å²) >= 11 is 0. The third-order valence-electron chi connectivity index (χ3n) is 3.05. The summed E-state index contributed by atoms with van der Waals surface area (Å²) in [5.74, 6) is 0.867. The van der Waals surface area contributed by atoms with Crippen molar-refractivity contribution in [2.24, 2.45) is 0 Å². The molecule has 86 valence electrons. The van der Waals surface area contributed by atoms with Crippen molar-refractivity contribution in [3.05, 3.63) is 17.3 Å². The van der Waals surface area contributed by atoms with E-state index in [1.54, 1.807) is 4.90 Å². The topological polar surface area (TPSA) is 46.1 Å². The van der Waals surface area contributed by atoms with Gasteiger partial charge < -0.3 is 0 Å². The van der Waals surface area contributed by atoms with Crippen molar-refractivity contribution in [2.45, 2.75) is 39.5 Å². The number of hydrogen-bond acceptors (Lipinski definition) is 3. The van der Waals surface area contributed by atoms with Crippen molar-refractivity contribution < 1.29 is 4.79 Å². The molecule has 0 saturated heterocycles. The molecule has 1 aliphatic heterocycles. The van der Waals surface area contributed by atoms with E-state index in [1.165, 1.54) is 0 Å². The Morgan fingerprint density at radius 2 is 2.06 bits per heavy atom. The zero-order valence-corrected chi connectivity index (χ0v) is 10.2. The van der Waals surface area contributed by atoms with Gasteiger partial charge in [-0.05, 0) is 33.3 Å². The highest BCUT2D eigenvalue weighted by atomic mass is 16.2. The maximum Gasteiger partial charge on any atom is 0.238 e. The minimum Gasteiger partial charge on any atom is -0.294 e. The normalized spacial score (nSPS) is 17.8. The fraction of sp³-hybridized carbons (Fsp3) is 0.583. The Labute approximate surface area is 95.7 Å². The molecule has 16 heavy (non-hydrogen) atoms. The van der Waals surface area contributed by atoms with Crippen LogP contribution >= 0.6 is 0 Å². The number of anilines is 1. The summed E-state index contributed by atoms with van der Waals surface area (Å²) in [6.45, 7) is 8.57. The van der Waals surface area contributed by atoms with E-state index >= 15 is 0 Å². The van der Waals surface area contributed by atoms with Crippen LogP contribution in [0, 0.1) is 6.92 Å². The summed E-state index contributed by atoms with van der Waals surface area (Å²) in [6, 6.07) is 1.97. The van der Waals surface area contributed by atoms with Gasteiger partial charge in [0.1, 0.15) is 0 Å². The number of fused-ring (bicyclic) bond motifs is 1.